The van der Waals surface area contributed by atoms with Crippen LogP contribution in [0.5, 0.6) is 0 Å². The van der Waals surface area contributed by atoms with E-state index in [2.05, 4.69) is 0 Å². The molecular formula is C10H13F3N2O2S. The van der Waals surface area contributed by atoms with Crippen LogP contribution in [0.2, 0.25) is 0 Å². The van der Waals surface area contributed by atoms with Gasteiger partial charge in [0.15, 0.2) is 0 Å². The summed E-state index contributed by atoms with van der Waals surface area (Å²) in [5.74, 6) is 4.56. The topological polar surface area (TPSA) is 64.3 Å². The molecule has 1 rings (SSSR count). The summed E-state index contributed by atoms with van der Waals surface area (Å²) >= 11 is 1.19. The van der Waals surface area contributed by atoms with Gasteiger partial charge in [0.05, 0.1) is 11.5 Å². The summed E-state index contributed by atoms with van der Waals surface area (Å²) in [6.07, 6.45) is -5.05. The Labute approximate surface area is 106 Å². The predicted octanol–water partition coefficient (Wildman–Crippen LogP) is 2.21. The fraction of sp³-hybridized carbons (Fsp3) is 0.500. The van der Waals surface area contributed by atoms with E-state index >= 15 is 0 Å². The number of rotatable bonds is 6. The Morgan fingerprint density at radius 1 is 1.44 bits per heavy atom. The number of nitrogen functional groups attached to an aromatic ring is 1. The van der Waals surface area contributed by atoms with Gasteiger partial charge in [0.25, 0.3) is 5.91 Å². The standard InChI is InChI=1S/C10H13F3N2O2S/c11-10(12,13)4-1-5-17-6-7-2-3-8(18-7)9(16)15-14/h2-3H,1,4-6,14H2,(H,15,16). The lowest BCUT2D eigenvalue weighted by atomic mass is 10.3. The number of alkyl halides is 3. The minimum absolute atomic E-state index is 0.0375. The minimum atomic E-state index is -4.14. The van der Waals surface area contributed by atoms with Gasteiger partial charge in [0.1, 0.15) is 0 Å². The van der Waals surface area contributed by atoms with Crippen LogP contribution in [0.1, 0.15) is 27.4 Å². The van der Waals surface area contributed by atoms with E-state index in [9.17, 15) is 18.0 Å². The molecule has 0 fully saturated rings. The Hall–Kier alpha value is -1.12. The zero-order chi connectivity index (χ0) is 13.6. The van der Waals surface area contributed by atoms with Crippen molar-refractivity contribution in [2.24, 2.45) is 5.84 Å². The van der Waals surface area contributed by atoms with Gasteiger partial charge in [-0.1, -0.05) is 0 Å². The molecule has 1 amide bonds. The lowest BCUT2D eigenvalue weighted by molar-refractivity contribution is -0.138. The summed E-state index contributed by atoms with van der Waals surface area (Å²) in [4.78, 5) is 12.3. The molecule has 0 aromatic carbocycles. The molecule has 0 atom stereocenters. The molecule has 0 aliphatic heterocycles. The Kier molecular flexibility index (Phi) is 5.57. The predicted molar refractivity (Wildman–Crippen MR) is 60.9 cm³/mol. The number of nitrogens with two attached hydrogens (primary N) is 1. The molecule has 1 aromatic heterocycles. The molecule has 0 saturated carbocycles. The van der Waals surface area contributed by atoms with Crippen molar-refractivity contribution in [1.29, 1.82) is 0 Å². The van der Waals surface area contributed by atoms with Gasteiger partial charge >= 0.3 is 6.18 Å². The number of carbonyl (C=O) groups excluding carboxylic acids is 1. The number of thiophene rings is 1. The number of nitrogens with one attached hydrogen (secondary N) is 1. The molecule has 102 valence electrons. The summed E-state index contributed by atoms with van der Waals surface area (Å²) in [7, 11) is 0. The maximum absolute atomic E-state index is 11.8. The molecule has 3 N–H and O–H groups in total. The first kappa shape index (κ1) is 14.9. The van der Waals surface area contributed by atoms with Crippen LogP contribution in [0.25, 0.3) is 0 Å². The van der Waals surface area contributed by atoms with Crippen LogP contribution in [-0.4, -0.2) is 18.7 Å². The average molecular weight is 282 g/mol. The Bertz CT molecular complexity index is 393. The van der Waals surface area contributed by atoms with Crippen molar-refractivity contribution in [3.63, 3.8) is 0 Å². The van der Waals surface area contributed by atoms with Gasteiger partial charge in [0.2, 0.25) is 0 Å². The number of hydrogen-bond donors (Lipinski definition) is 2. The van der Waals surface area contributed by atoms with Crippen molar-refractivity contribution in [2.75, 3.05) is 6.61 Å². The van der Waals surface area contributed by atoms with E-state index in [1.807, 2.05) is 5.43 Å². The van der Waals surface area contributed by atoms with Crippen molar-refractivity contribution in [3.8, 4) is 0 Å². The zero-order valence-corrected chi connectivity index (χ0v) is 10.2. The fourth-order valence-corrected chi connectivity index (χ4v) is 2.04. The smallest absolute Gasteiger partial charge is 0.376 e. The van der Waals surface area contributed by atoms with Crippen LogP contribution in [0.4, 0.5) is 13.2 Å². The Morgan fingerprint density at radius 3 is 2.78 bits per heavy atom. The number of ether oxygens (including phenoxy) is 1. The quantitative estimate of drug-likeness (QED) is 0.364. The summed E-state index contributed by atoms with van der Waals surface area (Å²) in [6.45, 7) is 0.232. The van der Waals surface area contributed by atoms with Crippen LogP contribution < -0.4 is 11.3 Å². The highest BCUT2D eigenvalue weighted by Crippen LogP contribution is 2.21. The number of hydrogen-bond acceptors (Lipinski definition) is 4. The van der Waals surface area contributed by atoms with E-state index in [0.29, 0.717) is 4.88 Å². The van der Waals surface area contributed by atoms with E-state index in [0.717, 1.165) is 4.88 Å². The molecule has 1 aromatic rings. The highest BCUT2D eigenvalue weighted by Gasteiger charge is 2.25. The van der Waals surface area contributed by atoms with Crippen molar-refractivity contribution < 1.29 is 22.7 Å². The molecule has 0 saturated heterocycles. The third kappa shape index (κ3) is 5.48. The molecule has 0 aliphatic carbocycles. The van der Waals surface area contributed by atoms with Gasteiger partial charge in [-0.15, -0.1) is 11.3 Å². The first-order chi connectivity index (χ1) is 8.42. The monoisotopic (exact) mass is 282 g/mol. The highest BCUT2D eigenvalue weighted by molar-refractivity contribution is 7.14. The molecule has 0 aliphatic rings. The molecule has 1 heterocycles. The largest absolute Gasteiger partial charge is 0.389 e. The molecule has 0 spiro atoms. The van der Waals surface area contributed by atoms with Crippen molar-refractivity contribution >= 4 is 17.2 Å². The second-order valence-corrected chi connectivity index (χ2v) is 4.68. The van der Waals surface area contributed by atoms with E-state index in [1.54, 1.807) is 12.1 Å². The maximum atomic E-state index is 11.8. The number of halogens is 3. The van der Waals surface area contributed by atoms with Gasteiger partial charge < -0.3 is 4.74 Å². The lowest BCUT2D eigenvalue weighted by Gasteiger charge is -2.05. The molecular weight excluding hydrogens is 269 g/mol. The van der Waals surface area contributed by atoms with E-state index < -0.39 is 18.5 Å². The number of amides is 1. The Balaban J connectivity index is 2.24. The van der Waals surface area contributed by atoms with Gasteiger partial charge in [-0.25, -0.2) is 5.84 Å². The van der Waals surface area contributed by atoms with Crippen LogP contribution in [0.3, 0.4) is 0 Å². The first-order valence-electron chi connectivity index (χ1n) is 5.16. The Morgan fingerprint density at radius 2 is 2.17 bits per heavy atom. The number of hydrazine groups is 1. The second kappa shape index (κ2) is 6.72. The highest BCUT2D eigenvalue weighted by atomic mass is 32.1. The van der Waals surface area contributed by atoms with E-state index in [4.69, 9.17) is 10.6 Å². The average Bonchev–Trinajstić information content (AvgIpc) is 2.75. The van der Waals surface area contributed by atoms with Crippen LogP contribution in [0, 0.1) is 0 Å². The normalized spacial score (nSPS) is 11.6. The van der Waals surface area contributed by atoms with Gasteiger partial charge in [-0.05, 0) is 18.6 Å². The third-order valence-electron chi connectivity index (χ3n) is 2.01. The summed E-state index contributed by atoms with van der Waals surface area (Å²) in [5.41, 5.74) is 1.99. The maximum Gasteiger partial charge on any atom is 0.389 e. The summed E-state index contributed by atoms with van der Waals surface area (Å²) in [5, 5.41) is 0. The van der Waals surface area contributed by atoms with E-state index in [-0.39, 0.29) is 19.6 Å². The minimum Gasteiger partial charge on any atom is -0.376 e. The SMILES string of the molecule is NNC(=O)c1ccc(COCCCC(F)(F)F)s1. The molecule has 18 heavy (non-hydrogen) atoms. The molecule has 0 unspecified atom stereocenters. The second-order valence-electron chi connectivity index (χ2n) is 3.51. The zero-order valence-electron chi connectivity index (χ0n) is 9.42. The molecule has 0 radical (unpaired) electrons. The summed E-state index contributed by atoms with van der Waals surface area (Å²) in [6, 6.07) is 3.26. The third-order valence-corrected chi connectivity index (χ3v) is 3.07. The molecule has 4 nitrogen and oxygen atoms in total. The molecule has 8 heteroatoms. The fourth-order valence-electron chi connectivity index (χ4n) is 1.20. The van der Waals surface area contributed by atoms with Gasteiger partial charge in [-0.2, -0.15) is 13.2 Å². The van der Waals surface area contributed by atoms with Gasteiger partial charge in [0, 0.05) is 17.9 Å². The summed E-state index contributed by atoms with van der Waals surface area (Å²) < 4.78 is 40.6. The van der Waals surface area contributed by atoms with Crippen molar-refractivity contribution in [2.45, 2.75) is 25.6 Å². The van der Waals surface area contributed by atoms with Gasteiger partial charge in [-0.3, -0.25) is 10.2 Å². The molecule has 0 bridgehead atoms. The first-order valence-corrected chi connectivity index (χ1v) is 5.98. The van der Waals surface area contributed by atoms with Crippen molar-refractivity contribution in [3.05, 3.63) is 21.9 Å². The van der Waals surface area contributed by atoms with Crippen LogP contribution >= 0.6 is 11.3 Å². The number of carbonyl (C=O) groups is 1. The lowest BCUT2D eigenvalue weighted by Crippen LogP contribution is -2.29. The van der Waals surface area contributed by atoms with E-state index in [1.165, 1.54) is 11.3 Å². The van der Waals surface area contributed by atoms with Crippen LogP contribution in [0.15, 0.2) is 12.1 Å². The van der Waals surface area contributed by atoms with Crippen molar-refractivity contribution in [1.82, 2.24) is 5.43 Å². The van der Waals surface area contributed by atoms with Crippen LogP contribution in [-0.2, 0) is 11.3 Å².